The minimum absolute atomic E-state index is 0.111. The number of unbranched alkanes of at least 4 members (excludes halogenated alkanes) is 3. The van der Waals surface area contributed by atoms with Crippen molar-refractivity contribution in [3.63, 3.8) is 0 Å². The summed E-state index contributed by atoms with van der Waals surface area (Å²) in [6.45, 7) is 4.55. The SMILES string of the molecule is CCCCCC1CCC(CCCCC2CCC(c3cc4c(c(F)c3F)-c3c(cc(CCC)c(F)c3F)C4)CO2)CC1. The Morgan fingerprint density at radius 1 is 0.659 bits per heavy atom. The second kappa shape index (κ2) is 14.1. The molecule has 5 rings (SSSR count). The Morgan fingerprint density at radius 3 is 1.88 bits per heavy atom. The van der Waals surface area contributed by atoms with E-state index < -0.39 is 23.3 Å². The number of rotatable bonds is 12. The molecule has 1 saturated carbocycles. The highest BCUT2D eigenvalue weighted by molar-refractivity contribution is 5.79. The summed E-state index contributed by atoms with van der Waals surface area (Å²) in [4.78, 5) is 0. The van der Waals surface area contributed by atoms with Crippen molar-refractivity contribution in [1.82, 2.24) is 0 Å². The van der Waals surface area contributed by atoms with Gasteiger partial charge >= 0.3 is 0 Å². The van der Waals surface area contributed by atoms with Gasteiger partial charge in [0, 0.05) is 17.0 Å². The first-order valence-corrected chi connectivity index (χ1v) is 16.5. The van der Waals surface area contributed by atoms with Crippen LogP contribution >= 0.6 is 0 Å². The first-order valence-electron chi connectivity index (χ1n) is 16.5. The maximum Gasteiger partial charge on any atom is 0.167 e. The van der Waals surface area contributed by atoms with Gasteiger partial charge in [0.1, 0.15) is 0 Å². The molecule has 226 valence electrons. The van der Waals surface area contributed by atoms with E-state index in [1.54, 1.807) is 12.1 Å². The first-order chi connectivity index (χ1) is 19.9. The zero-order chi connectivity index (χ0) is 28.9. The topological polar surface area (TPSA) is 9.23 Å². The Morgan fingerprint density at radius 2 is 1.27 bits per heavy atom. The summed E-state index contributed by atoms with van der Waals surface area (Å²) >= 11 is 0. The highest BCUT2D eigenvalue weighted by Gasteiger charge is 2.34. The van der Waals surface area contributed by atoms with Crippen molar-refractivity contribution in [3.05, 3.63) is 57.7 Å². The number of hydrogen-bond donors (Lipinski definition) is 0. The monoisotopic (exact) mass is 572 g/mol. The molecule has 2 unspecified atom stereocenters. The zero-order valence-corrected chi connectivity index (χ0v) is 25.1. The minimum atomic E-state index is -1.06. The Labute approximate surface area is 244 Å². The smallest absolute Gasteiger partial charge is 0.167 e. The van der Waals surface area contributed by atoms with E-state index >= 15 is 8.78 Å². The molecule has 0 N–H and O–H groups in total. The normalized spacial score (nSPS) is 24.0. The van der Waals surface area contributed by atoms with E-state index in [4.69, 9.17) is 4.74 Å². The third kappa shape index (κ3) is 6.86. The van der Waals surface area contributed by atoms with Crippen molar-refractivity contribution in [2.24, 2.45) is 11.8 Å². The van der Waals surface area contributed by atoms with E-state index in [0.717, 1.165) is 37.5 Å². The van der Waals surface area contributed by atoms with Gasteiger partial charge in [-0.25, -0.2) is 17.6 Å². The quantitative estimate of drug-likeness (QED) is 0.155. The van der Waals surface area contributed by atoms with Crippen LogP contribution in [0.3, 0.4) is 0 Å². The van der Waals surface area contributed by atoms with Crippen LogP contribution in [0, 0.1) is 35.1 Å². The van der Waals surface area contributed by atoms with Gasteiger partial charge in [-0.3, -0.25) is 0 Å². The Bertz CT molecular complexity index is 1180. The Balaban J connectivity index is 1.10. The number of aryl methyl sites for hydroxylation is 1. The summed E-state index contributed by atoms with van der Waals surface area (Å²) < 4.78 is 66.5. The molecule has 1 aliphatic heterocycles. The molecule has 2 fully saturated rings. The standard InChI is InChI=1S/C36H48F4O/c1-3-5-6-10-23-13-15-24(16-14-23)11-7-8-12-29-18-17-26(22-41-29)30-21-28-20-27-19-25(9-4-2)33(37)35(39)31(27)32(28)36(40)34(30)38/h19,21,23-24,26,29H,3-18,20,22H2,1-2H3. The van der Waals surface area contributed by atoms with Gasteiger partial charge < -0.3 is 4.74 Å². The van der Waals surface area contributed by atoms with Gasteiger partial charge in [-0.2, -0.15) is 0 Å². The van der Waals surface area contributed by atoms with Gasteiger partial charge in [-0.15, -0.1) is 0 Å². The lowest BCUT2D eigenvalue weighted by Gasteiger charge is -2.30. The Hall–Kier alpha value is -1.88. The van der Waals surface area contributed by atoms with Crippen molar-refractivity contribution in [2.75, 3.05) is 6.61 Å². The molecule has 2 aliphatic carbocycles. The van der Waals surface area contributed by atoms with Crippen molar-refractivity contribution in [3.8, 4) is 11.1 Å². The molecule has 0 amide bonds. The lowest BCUT2D eigenvalue weighted by Crippen LogP contribution is -2.25. The predicted octanol–water partition coefficient (Wildman–Crippen LogP) is 11.0. The van der Waals surface area contributed by atoms with Crippen LogP contribution < -0.4 is 0 Å². The van der Waals surface area contributed by atoms with Gasteiger partial charge in [0.05, 0.1) is 12.7 Å². The minimum Gasteiger partial charge on any atom is -0.378 e. The van der Waals surface area contributed by atoms with E-state index in [-0.39, 0.29) is 23.1 Å². The van der Waals surface area contributed by atoms with Gasteiger partial charge in [-0.1, -0.05) is 103 Å². The molecule has 2 atom stereocenters. The van der Waals surface area contributed by atoms with E-state index in [9.17, 15) is 8.78 Å². The fourth-order valence-corrected chi connectivity index (χ4v) is 7.79. The highest BCUT2D eigenvalue weighted by atomic mass is 19.2. The van der Waals surface area contributed by atoms with Crippen molar-refractivity contribution in [2.45, 2.75) is 135 Å². The zero-order valence-electron chi connectivity index (χ0n) is 25.1. The van der Waals surface area contributed by atoms with E-state index in [1.807, 2.05) is 6.92 Å². The summed E-state index contributed by atoms with van der Waals surface area (Å²) in [6, 6.07) is 3.31. The van der Waals surface area contributed by atoms with E-state index in [1.165, 1.54) is 64.2 Å². The lowest BCUT2D eigenvalue weighted by molar-refractivity contribution is -0.00304. The molecular formula is C36H48F4O. The van der Waals surface area contributed by atoms with E-state index in [0.29, 0.717) is 48.1 Å². The van der Waals surface area contributed by atoms with Gasteiger partial charge in [0.25, 0.3) is 0 Å². The first kappa shape index (κ1) is 30.6. The number of halogens is 4. The van der Waals surface area contributed by atoms with Crippen molar-refractivity contribution in [1.29, 1.82) is 0 Å². The predicted molar refractivity (Wildman–Crippen MR) is 158 cm³/mol. The van der Waals surface area contributed by atoms with Crippen LogP contribution in [0.2, 0.25) is 0 Å². The lowest BCUT2D eigenvalue weighted by atomic mass is 9.78. The summed E-state index contributed by atoms with van der Waals surface area (Å²) in [7, 11) is 0. The average molecular weight is 573 g/mol. The summed E-state index contributed by atoms with van der Waals surface area (Å²) in [5, 5.41) is 0. The van der Waals surface area contributed by atoms with Gasteiger partial charge in [-0.05, 0) is 66.2 Å². The van der Waals surface area contributed by atoms with Crippen LogP contribution in [0.25, 0.3) is 11.1 Å². The molecule has 0 bridgehead atoms. The maximum atomic E-state index is 15.4. The van der Waals surface area contributed by atoms with Crippen LogP contribution in [-0.2, 0) is 17.6 Å². The number of fused-ring (bicyclic) bond motifs is 3. The second-order valence-corrected chi connectivity index (χ2v) is 13.1. The summed E-state index contributed by atoms with van der Waals surface area (Å²) in [5.74, 6) is -2.38. The molecule has 0 radical (unpaired) electrons. The molecule has 1 nitrogen and oxygen atoms in total. The average Bonchev–Trinajstić information content (AvgIpc) is 3.35. The summed E-state index contributed by atoms with van der Waals surface area (Å²) in [6.07, 6.45) is 19.0. The van der Waals surface area contributed by atoms with Gasteiger partial charge in [0.2, 0.25) is 0 Å². The highest BCUT2D eigenvalue weighted by Crippen LogP contribution is 2.45. The van der Waals surface area contributed by atoms with Crippen molar-refractivity contribution < 1.29 is 22.3 Å². The second-order valence-electron chi connectivity index (χ2n) is 13.1. The molecule has 2 aromatic carbocycles. The van der Waals surface area contributed by atoms with Gasteiger partial charge in [0.15, 0.2) is 23.3 Å². The molecule has 0 spiro atoms. The van der Waals surface area contributed by atoms with Crippen LogP contribution in [0.15, 0.2) is 12.1 Å². The van der Waals surface area contributed by atoms with Crippen LogP contribution in [0.5, 0.6) is 0 Å². The molecule has 1 heterocycles. The largest absolute Gasteiger partial charge is 0.378 e. The number of ether oxygens (including phenoxy) is 1. The molecule has 2 aromatic rings. The third-order valence-corrected chi connectivity index (χ3v) is 10.2. The Kier molecular flexibility index (Phi) is 10.5. The summed E-state index contributed by atoms with van der Waals surface area (Å²) in [5.41, 5.74) is 1.47. The number of benzene rings is 2. The molecule has 1 saturated heterocycles. The third-order valence-electron chi connectivity index (χ3n) is 10.2. The van der Waals surface area contributed by atoms with Crippen LogP contribution in [0.4, 0.5) is 17.6 Å². The molecular weight excluding hydrogens is 524 g/mol. The van der Waals surface area contributed by atoms with Crippen molar-refractivity contribution >= 4 is 0 Å². The molecule has 41 heavy (non-hydrogen) atoms. The fraction of sp³-hybridized carbons (Fsp3) is 0.667. The van der Waals surface area contributed by atoms with Crippen LogP contribution in [0.1, 0.15) is 138 Å². The molecule has 0 aromatic heterocycles. The number of hydrogen-bond acceptors (Lipinski definition) is 1. The molecule has 5 heteroatoms. The van der Waals surface area contributed by atoms with E-state index in [2.05, 4.69) is 6.92 Å². The maximum absolute atomic E-state index is 15.4. The fourth-order valence-electron chi connectivity index (χ4n) is 7.79. The molecule has 3 aliphatic rings. The van der Waals surface area contributed by atoms with Crippen LogP contribution in [-0.4, -0.2) is 12.7 Å².